The molecule has 2 aromatic rings. The number of amides is 1. The lowest BCUT2D eigenvalue weighted by Crippen LogP contribution is -2.28. The van der Waals surface area contributed by atoms with Crippen LogP contribution in [0.5, 0.6) is 0 Å². The Bertz CT molecular complexity index is 588. The van der Waals surface area contributed by atoms with Gasteiger partial charge in [0.15, 0.2) is 5.82 Å². The first kappa shape index (κ1) is 13.7. The number of carbonyl (C=O) groups excluding carboxylic acids is 1. The molecule has 0 fully saturated rings. The van der Waals surface area contributed by atoms with Crippen molar-refractivity contribution in [3.8, 4) is 0 Å². The molecule has 2 rings (SSSR count). The molecule has 0 saturated carbocycles. The number of carbonyl (C=O) groups is 1. The Morgan fingerprint density at radius 3 is 2.74 bits per heavy atom. The maximum atomic E-state index is 12.2. The molecule has 1 heterocycles. The molecule has 1 aromatic carbocycles. The topological polar surface area (TPSA) is 59.8 Å². The van der Waals surface area contributed by atoms with Crippen LogP contribution in [0.3, 0.4) is 0 Å². The number of hydrogen-bond donors (Lipinski definition) is 1. The first-order chi connectivity index (χ1) is 8.97. The highest BCUT2D eigenvalue weighted by molar-refractivity contribution is 9.10. The summed E-state index contributed by atoms with van der Waals surface area (Å²) in [5.74, 6) is 0.597. The number of benzene rings is 1. The third-order valence-electron chi connectivity index (χ3n) is 2.79. The van der Waals surface area contributed by atoms with E-state index in [4.69, 9.17) is 0 Å². The van der Waals surface area contributed by atoms with E-state index in [9.17, 15) is 4.79 Å². The molecule has 5 nitrogen and oxygen atoms in total. The summed E-state index contributed by atoms with van der Waals surface area (Å²) in [6, 6.07) is 5.41. The van der Waals surface area contributed by atoms with E-state index in [1.807, 2.05) is 33.0 Å². The van der Waals surface area contributed by atoms with Gasteiger partial charge in [0.1, 0.15) is 6.33 Å². The molecule has 1 amide bonds. The van der Waals surface area contributed by atoms with Crippen molar-refractivity contribution in [2.24, 2.45) is 7.05 Å². The van der Waals surface area contributed by atoms with E-state index >= 15 is 0 Å². The standard InChI is InChI=1S/C13H15BrN4O/c1-8-4-10(6-11(14)5-8)13(19)16-9(2)12-17-15-7-18(12)3/h4-7,9H,1-3H3,(H,16,19). The molecule has 0 radical (unpaired) electrons. The Labute approximate surface area is 120 Å². The van der Waals surface area contributed by atoms with Crippen LogP contribution >= 0.6 is 15.9 Å². The summed E-state index contributed by atoms with van der Waals surface area (Å²) in [6.45, 7) is 3.83. The number of aromatic nitrogens is 3. The Hall–Kier alpha value is -1.69. The highest BCUT2D eigenvalue weighted by Crippen LogP contribution is 2.16. The molecule has 1 atom stereocenters. The second kappa shape index (κ2) is 5.52. The molecule has 0 spiro atoms. The van der Waals surface area contributed by atoms with Gasteiger partial charge in [0.25, 0.3) is 5.91 Å². The van der Waals surface area contributed by atoms with Crippen LogP contribution in [0.1, 0.15) is 34.7 Å². The zero-order valence-corrected chi connectivity index (χ0v) is 12.6. The Kier molecular flexibility index (Phi) is 3.99. The molecular formula is C13H15BrN4O. The minimum Gasteiger partial charge on any atom is -0.342 e. The van der Waals surface area contributed by atoms with Crippen LogP contribution in [-0.2, 0) is 7.05 Å². The number of halogens is 1. The Morgan fingerprint density at radius 2 is 2.16 bits per heavy atom. The van der Waals surface area contributed by atoms with Crippen molar-refractivity contribution in [3.63, 3.8) is 0 Å². The lowest BCUT2D eigenvalue weighted by Gasteiger charge is -2.13. The van der Waals surface area contributed by atoms with Gasteiger partial charge in [-0.15, -0.1) is 10.2 Å². The van der Waals surface area contributed by atoms with E-state index in [2.05, 4.69) is 31.4 Å². The molecule has 6 heteroatoms. The summed E-state index contributed by atoms with van der Waals surface area (Å²) in [4.78, 5) is 12.2. The van der Waals surface area contributed by atoms with Crippen LogP contribution in [-0.4, -0.2) is 20.7 Å². The SMILES string of the molecule is Cc1cc(Br)cc(C(=O)NC(C)c2nncn2C)c1. The molecule has 0 aliphatic carbocycles. The summed E-state index contributed by atoms with van der Waals surface area (Å²) in [5, 5.41) is 10.7. The fraction of sp³-hybridized carbons (Fsp3) is 0.308. The largest absolute Gasteiger partial charge is 0.342 e. The number of hydrogen-bond acceptors (Lipinski definition) is 3. The zero-order valence-electron chi connectivity index (χ0n) is 11.0. The van der Waals surface area contributed by atoms with Crippen LogP contribution in [0, 0.1) is 6.92 Å². The summed E-state index contributed by atoms with van der Waals surface area (Å²) in [5.41, 5.74) is 1.66. The van der Waals surface area contributed by atoms with E-state index in [-0.39, 0.29) is 11.9 Å². The average molecular weight is 323 g/mol. The summed E-state index contributed by atoms with van der Waals surface area (Å²) < 4.78 is 2.68. The minimum absolute atomic E-state index is 0.125. The van der Waals surface area contributed by atoms with E-state index in [1.54, 1.807) is 17.0 Å². The molecule has 0 aliphatic heterocycles. The fourth-order valence-corrected chi connectivity index (χ4v) is 2.50. The van der Waals surface area contributed by atoms with E-state index in [1.165, 1.54) is 0 Å². The lowest BCUT2D eigenvalue weighted by atomic mass is 10.1. The molecule has 0 bridgehead atoms. The van der Waals surface area contributed by atoms with Gasteiger partial charge >= 0.3 is 0 Å². The van der Waals surface area contributed by atoms with Gasteiger partial charge in [-0.05, 0) is 37.6 Å². The number of nitrogens with one attached hydrogen (secondary N) is 1. The molecule has 1 aromatic heterocycles. The van der Waals surface area contributed by atoms with Gasteiger partial charge in [-0.3, -0.25) is 4.79 Å². The van der Waals surface area contributed by atoms with Gasteiger partial charge in [0.05, 0.1) is 6.04 Å². The van der Waals surface area contributed by atoms with Crippen molar-refractivity contribution >= 4 is 21.8 Å². The van der Waals surface area contributed by atoms with Crippen molar-refractivity contribution < 1.29 is 4.79 Å². The fourth-order valence-electron chi connectivity index (χ4n) is 1.90. The minimum atomic E-state index is -0.195. The molecule has 1 unspecified atom stereocenters. The van der Waals surface area contributed by atoms with Crippen LogP contribution in [0.2, 0.25) is 0 Å². The number of nitrogens with zero attached hydrogens (tertiary/aromatic N) is 3. The number of rotatable bonds is 3. The first-order valence-corrected chi connectivity index (χ1v) is 6.68. The summed E-state index contributed by atoms with van der Waals surface area (Å²) in [7, 11) is 1.85. The monoisotopic (exact) mass is 322 g/mol. The van der Waals surface area contributed by atoms with Gasteiger partial charge in [0.2, 0.25) is 0 Å². The third kappa shape index (κ3) is 3.20. The van der Waals surface area contributed by atoms with Crippen molar-refractivity contribution in [1.82, 2.24) is 20.1 Å². The van der Waals surface area contributed by atoms with Gasteiger partial charge < -0.3 is 9.88 Å². The molecule has 1 N–H and O–H groups in total. The van der Waals surface area contributed by atoms with E-state index in [0.717, 1.165) is 15.9 Å². The van der Waals surface area contributed by atoms with Crippen LogP contribution in [0.25, 0.3) is 0 Å². The second-order valence-corrected chi connectivity index (χ2v) is 5.43. The van der Waals surface area contributed by atoms with Crippen molar-refractivity contribution in [2.45, 2.75) is 19.9 Å². The van der Waals surface area contributed by atoms with Crippen LogP contribution < -0.4 is 5.32 Å². The molecular weight excluding hydrogens is 308 g/mol. The average Bonchev–Trinajstić information content (AvgIpc) is 2.74. The Balaban J connectivity index is 2.15. The number of aryl methyl sites for hydroxylation is 2. The summed E-state index contributed by atoms with van der Waals surface area (Å²) >= 11 is 3.39. The van der Waals surface area contributed by atoms with Crippen molar-refractivity contribution in [2.75, 3.05) is 0 Å². The highest BCUT2D eigenvalue weighted by atomic mass is 79.9. The maximum absolute atomic E-state index is 12.2. The predicted molar refractivity (Wildman–Crippen MR) is 75.8 cm³/mol. The smallest absolute Gasteiger partial charge is 0.251 e. The molecule has 100 valence electrons. The maximum Gasteiger partial charge on any atom is 0.251 e. The van der Waals surface area contributed by atoms with Crippen LogP contribution in [0.4, 0.5) is 0 Å². The van der Waals surface area contributed by atoms with Crippen molar-refractivity contribution in [1.29, 1.82) is 0 Å². The highest BCUT2D eigenvalue weighted by Gasteiger charge is 2.15. The van der Waals surface area contributed by atoms with Crippen LogP contribution in [0.15, 0.2) is 29.0 Å². The molecule has 0 aliphatic rings. The lowest BCUT2D eigenvalue weighted by molar-refractivity contribution is 0.0937. The van der Waals surface area contributed by atoms with Gasteiger partial charge in [0, 0.05) is 17.1 Å². The molecule has 19 heavy (non-hydrogen) atoms. The second-order valence-electron chi connectivity index (χ2n) is 4.51. The predicted octanol–water partition coefficient (Wildman–Crippen LogP) is 2.38. The normalized spacial score (nSPS) is 12.2. The summed E-state index contributed by atoms with van der Waals surface area (Å²) in [6.07, 6.45) is 1.61. The first-order valence-electron chi connectivity index (χ1n) is 5.89. The van der Waals surface area contributed by atoms with Gasteiger partial charge in [-0.25, -0.2) is 0 Å². The quantitative estimate of drug-likeness (QED) is 0.943. The van der Waals surface area contributed by atoms with Crippen molar-refractivity contribution in [3.05, 3.63) is 46.0 Å². The molecule has 0 saturated heterocycles. The van der Waals surface area contributed by atoms with E-state index < -0.39 is 0 Å². The zero-order chi connectivity index (χ0) is 14.0. The van der Waals surface area contributed by atoms with Gasteiger partial charge in [-0.2, -0.15) is 0 Å². The van der Waals surface area contributed by atoms with E-state index in [0.29, 0.717) is 5.56 Å². The Morgan fingerprint density at radius 1 is 1.42 bits per heavy atom. The third-order valence-corrected chi connectivity index (χ3v) is 3.24. The van der Waals surface area contributed by atoms with Gasteiger partial charge in [-0.1, -0.05) is 15.9 Å².